The molecule has 9 heteroatoms. The van der Waals surface area contributed by atoms with Gasteiger partial charge in [0.2, 0.25) is 15.9 Å². The first-order valence-electron chi connectivity index (χ1n) is 9.58. The van der Waals surface area contributed by atoms with Crippen molar-refractivity contribution in [2.75, 3.05) is 44.7 Å². The second kappa shape index (κ2) is 8.51. The number of anilines is 1. The summed E-state index contributed by atoms with van der Waals surface area (Å²) in [6, 6.07) is 7.15. The first-order chi connectivity index (χ1) is 13.6. The SMILES string of the molecule is CN(C(=O)CN1CCN(S(=O)(=O)c2ccc(C(C)(C)C)cc2)CC1)c1nccs1. The molecule has 158 valence electrons. The van der Waals surface area contributed by atoms with Gasteiger partial charge in [0.05, 0.1) is 11.4 Å². The van der Waals surface area contributed by atoms with E-state index in [1.165, 1.54) is 15.6 Å². The zero-order valence-electron chi connectivity index (χ0n) is 17.3. The fourth-order valence-electron chi connectivity index (χ4n) is 3.19. The fourth-order valence-corrected chi connectivity index (χ4v) is 5.24. The number of amides is 1. The highest BCUT2D eigenvalue weighted by Gasteiger charge is 2.30. The van der Waals surface area contributed by atoms with Gasteiger partial charge in [0.1, 0.15) is 0 Å². The smallest absolute Gasteiger partial charge is 0.243 e. The Morgan fingerprint density at radius 1 is 1.14 bits per heavy atom. The molecule has 0 spiro atoms. The highest BCUT2D eigenvalue weighted by molar-refractivity contribution is 7.89. The van der Waals surface area contributed by atoms with Crippen LogP contribution in [0.25, 0.3) is 0 Å². The van der Waals surface area contributed by atoms with Crippen molar-refractivity contribution in [3.8, 4) is 0 Å². The van der Waals surface area contributed by atoms with Crippen molar-refractivity contribution in [2.24, 2.45) is 0 Å². The van der Waals surface area contributed by atoms with E-state index in [9.17, 15) is 13.2 Å². The summed E-state index contributed by atoms with van der Waals surface area (Å²) >= 11 is 1.41. The summed E-state index contributed by atoms with van der Waals surface area (Å²) < 4.78 is 27.4. The van der Waals surface area contributed by atoms with Crippen molar-refractivity contribution in [1.29, 1.82) is 0 Å². The van der Waals surface area contributed by atoms with Gasteiger partial charge in [0.15, 0.2) is 5.13 Å². The van der Waals surface area contributed by atoms with E-state index in [2.05, 4.69) is 25.8 Å². The first-order valence-corrected chi connectivity index (χ1v) is 11.9. The maximum atomic E-state index is 13.0. The van der Waals surface area contributed by atoms with Gasteiger partial charge in [-0.05, 0) is 23.1 Å². The summed E-state index contributed by atoms with van der Waals surface area (Å²) in [5.74, 6) is -0.0472. The van der Waals surface area contributed by atoms with E-state index >= 15 is 0 Å². The molecule has 1 aliphatic heterocycles. The van der Waals surface area contributed by atoms with E-state index in [-0.39, 0.29) is 17.9 Å². The lowest BCUT2D eigenvalue weighted by Gasteiger charge is -2.34. The predicted molar refractivity (Wildman–Crippen MR) is 116 cm³/mol. The highest BCUT2D eigenvalue weighted by Crippen LogP contribution is 2.25. The van der Waals surface area contributed by atoms with Crippen LogP contribution in [0.4, 0.5) is 5.13 Å². The molecule has 0 saturated carbocycles. The Kier molecular flexibility index (Phi) is 6.42. The summed E-state index contributed by atoms with van der Waals surface area (Å²) in [7, 11) is -1.81. The number of aromatic nitrogens is 1. The summed E-state index contributed by atoms with van der Waals surface area (Å²) in [6.07, 6.45) is 1.67. The largest absolute Gasteiger partial charge is 0.292 e. The highest BCUT2D eigenvalue weighted by atomic mass is 32.2. The van der Waals surface area contributed by atoms with Gasteiger partial charge in [-0.15, -0.1) is 11.3 Å². The molecule has 0 radical (unpaired) electrons. The standard InChI is InChI=1S/C20H28N4O3S2/c1-20(2,3)16-5-7-17(8-6-16)29(26,27)24-12-10-23(11-13-24)15-18(25)22(4)19-21-9-14-28-19/h5-9,14H,10-13,15H2,1-4H3. The zero-order chi connectivity index (χ0) is 21.2. The Hall–Kier alpha value is -1.81. The third-order valence-corrected chi connectivity index (χ3v) is 7.89. The second-order valence-corrected chi connectivity index (χ2v) is 11.0. The monoisotopic (exact) mass is 436 g/mol. The third kappa shape index (κ3) is 5.03. The zero-order valence-corrected chi connectivity index (χ0v) is 19.0. The van der Waals surface area contributed by atoms with Crippen LogP contribution < -0.4 is 4.90 Å². The molecular formula is C20H28N4O3S2. The van der Waals surface area contributed by atoms with Gasteiger partial charge in [-0.25, -0.2) is 13.4 Å². The van der Waals surface area contributed by atoms with E-state index in [0.717, 1.165) is 5.56 Å². The van der Waals surface area contributed by atoms with Crippen molar-refractivity contribution >= 4 is 32.4 Å². The van der Waals surface area contributed by atoms with Gasteiger partial charge < -0.3 is 0 Å². The number of hydrogen-bond acceptors (Lipinski definition) is 6. The molecule has 29 heavy (non-hydrogen) atoms. The van der Waals surface area contributed by atoms with E-state index in [1.54, 1.807) is 30.3 Å². The van der Waals surface area contributed by atoms with Crippen LogP contribution in [-0.2, 0) is 20.2 Å². The molecule has 7 nitrogen and oxygen atoms in total. The van der Waals surface area contributed by atoms with E-state index in [0.29, 0.717) is 36.2 Å². The normalized spacial score (nSPS) is 16.7. The lowest BCUT2D eigenvalue weighted by Crippen LogP contribution is -2.51. The summed E-state index contributed by atoms with van der Waals surface area (Å²) in [5, 5.41) is 2.49. The van der Waals surface area contributed by atoms with Crippen molar-refractivity contribution in [3.63, 3.8) is 0 Å². The van der Waals surface area contributed by atoms with Crippen LogP contribution in [0.2, 0.25) is 0 Å². The first kappa shape index (κ1) is 21.9. The molecule has 1 aromatic heterocycles. The van der Waals surface area contributed by atoms with Crippen molar-refractivity contribution in [1.82, 2.24) is 14.2 Å². The maximum Gasteiger partial charge on any atom is 0.243 e. The van der Waals surface area contributed by atoms with E-state index in [4.69, 9.17) is 0 Å². The lowest BCUT2D eigenvalue weighted by atomic mass is 9.87. The molecule has 0 N–H and O–H groups in total. The summed E-state index contributed by atoms with van der Waals surface area (Å²) in [4.78, 5) is 20.4. The van der Waals surface area contributed by atoms with Gasteiger partial charge >= 0.3 is 0 Å². The molecule has 2 aromatic rings. The third-order valence-electron chi connectivity index (χ3n) is 5.13. The number of rotatable bonds is 5. The number of carbonyl (C=O) groups is 1. The summed E-state index contributed by atoms with van der Waals surface area (Å²) in [5.41, 5.74) is 1.08. The molecule has 0 unspecified atom stereocenters. The lowest BCUT2D eigenvalue weighted by molar-refractivity contribution is -0.119. The molecule has 2 heterocycles. The quantitative estimate of drug-likeness (QED) is 0.720. The number of likely N-dealkylation sites (N-methyl/N-ethyl adjacent to an activating group) is 1. The van der Waals surface area contributed by atoms with Gasteiger partial charge in [-0.2, -0.15) is 4.31 Å². The van der Waals surface area contributed by atoms with Crippen LogP contribution in [0.15, 0.2) is 40.7 Å². The molecule has 0 aliphatic carbocycles. The second-order valence-electron chi connectivity index (χ2n) is 8.22. The van der Waals surface area contributed by atoms with Crippen LogP contribution in [0.3, 0.4) is 0 Å². The van der Waals surface area contributed by atoms with Crippen LogP contribution in [-0.4, -0.2) is 68.3 Å². The number of piperazine rings is 1. The van der Waals surface area contributed by atoms with Crippen LogP contribution in [0, 0.1) is 0 Å². The fraction of sp³-hybridized carbons (Fsp3) is 0.500. The molecule has 0 bridgehead atoms. The van der Waals surface area contributed by atoms with Gasteiger partial charge in [0.25, 0.3) is 0 Å². The van der Waals surface area contributed by atoms with Crippen molar-refractivity contribution in [3.05, 3.63) is 41.4 Å². The van der Waals surface area contributed by atoms with Gasteiger partial charge in [-0.1, -0.05) is 32.9 Å². The van der Waals surface area contributed by atoms with Crippen molar-refractivity contribution in [2.45, 2.75) is 31.1 Å². The van der Waals surface area contributed by atoms with Crippen molar-refractivity contribution < 1.29 is 13.2 Å². The number of hydrogen-bond donors (Lipinski definition) is 0. The number of nitrogens with zero attached hydrogens (tertiary/aromatic N) is 4. The van der Waals surface area contributed by atoms with E-state index < -0.39 is 10.0 Å². The minimum absolute atomic E-state index is 0.0216. The molecule has 0 atom stereocenters. The molecule has 1 aliphatic rings. The molecule has 1 amide bonds. The topological polar surface area (TPSA) is 73.8 Å². The maximum absolute atomic E-state index is 13.0. The number of benzene rings is 1. The Morgan fingerprint density at radius 2 is 1.76 bits per heavy atom. The summed E-state index contributed by atoms with van der Waals surface area (Å²) in [6.45, 7) is 8.35. The van der Waals surface area contributed by atoms with Gasteiger partial charge in [-0.3, -0.25) is 14.6 Å². The molecule has 1 fully saturated rings. The minimum Gasteiger partial charge on any atom is -0.292 e. The molecule has 1 saturated heterocycles. The Morgan fingerprint density at radius 3 is 2.28 bits per heavy atom. The van der Waals surface area contributed by atoms with Gasteiger partial charge in [0, 0.05) is 44.8 Å². The predicted octanol–water partition coefficient (Wildman–Crippen LogP) is 2.41. The average Bonchev–Trinajstić information content (AvgIpc) is 3.22. The Bertz CT molecular complexity index is 927. The van der Waals surface area contributed by atoms with Crippen LogP contribution >= 0.6 is 11.3 Å². The minimum atomic E-state index is -3.52. The molecular weight excluding hydrogens is 408 g/mol. The Balaban J connectivity index is 1.59. The molecule has 3 rings (SSSR count). The molecule has 1 aromatic carbocycles. The van der Waals surface area contributed by atoms with Crippen LogP contribution in [0.1, 0.15) is 26.3 Å². The average molecular weight is 437 g/mol. The number of carbonyl (C=O) groups excluding carboxylic acids is 1. The van der Waals surface area contributed by atoms with E-state index in [1.807, 2.05) is 22.4 Å². The van der Waals surface area contributed by atoms with Crippen LogP contribution in [0.5, 0.6) is 0 Å². The Labute approximate surface area is 177 Å². The number of thiazole rings is 1. The number of sulfonamides is 1.